The standard InChI is InChI=1S/C18H22ClF5N4O.CO2/c1-5-11-14(19)15(28(6-2)27-11)10-8-25-13(7-12(10)29-16(20)21)26-17(3,4)9-18(22,23)24;2-1-3/h7-8,16H,5-6,9H2,1-4H3,(H,25,26);. The molecule has 0 aromatic carbocycles. The first-order valence-electron chi connectivity index (χ1n) is 9.33. The number of nitrogens with zero attached hydrogens (tertiary/aromatic N) is 3. The molecule has 2 aromatic rings. The minimum Gasteiger partial charge on any atom is -0.434 e. The van der Waals surface area contributed by atoms with E-state index in [2.05, 4.69) is 20.1 Å². The van der Waals surface area contributed by atoms with Gasteiger partial charge in [0, 0.05) is 24.3 Å². The van der Waals surface area contributed by atoms with E-state index < -0.39 is 24.7 Å². The Bertz CT molecular complexity index is 942. The highest BCUT2D eigenvalue weighted by Gasteiger charge is 2.37. The van der Waals surface area contributed by atoms with Crippen LogP contribution in [0.25, 0.3) is 11.3 Å². The number of aromatic nitrogens is 3. The lowest BCUT2D eigenvalue weighted by Gasteiger charge is -2.28. The van der Waals surface area contributed by atoms with E-state index in [1.807, 2.05) is 13.8 Å². The zero-order valence-electron chi connectivity index (χ0n) is 17.7. The second kappa shape index (κ2) is 11.2. The Balaban J connectivity index is 0.00000161. The van der Waals surface area contributed by atoms with Crippen LogP contribution < -0.4 is 10.1 Å². The Morgan fingerprint density at radius 3 is 2.31 bits per heavy atom. The molecule has 0 aliphatic carbocycles. The van der Waals surface area contributed by atoms with Crippen molar-refractivity contribution in [1.82, 2.24) is 14.8 Å². The molecule has 0 fully saturated rings. The molecule has 0 saturated carbocycles. The van der Waals surface area contributed by atoms with E-state index in [4.69, 9.17) is 21.2 Å². The van der Waals surface area contributed by atoms with Crippen LogP contribution in [0.4, 0.5) is 27.8 Å². The Hall–Kier alpha value is -2.72. The molecule has 7 nitrogen and oxygen atoms in total. The molecule has 0 unspecified atom stereocenters. The van der Waals surface area contributed by atoms with E-state index in [9.17, 15) is 22.0 Å². The molecule has 13 heteroatoms. The molecule has 0 aliphatic heterocycles. The predicted molar refractivity (Wildman–Crippen MR) is 106 cm³/mol. The van der Waals surface area contributed by atoms with Gasteiger partial charge in [0.2, 0.25) is 0 Å². The normalized spacial score (nSPS) is 11.6. The van der Waals surface area contributed by atoms with Crippen molar-refractivity contribution < 1.29 is 36.3 Å². The highest BCUT2D eigenvalue weighted by Crippen LogP contribution is 2.39. The van der Waals surface area contributed by atoms with Gasteiger partial charge >= 0.3 is 18.9 Å². The largest absolute Gasteiger partial charge is 0.434 e. The van der Waals surface area contributed by atoms with Gasteiger partial charge in [0.15, 0.2) is 0 Å². The van der Waals surface area contributed by atoms with Gasteiger partial charge < -0.3 is 10.1 Å². The highest BCUT2D eigenvalue weighted by atomic mass is 35.5. The number of anilines is 1. The van der Waals surface area contributed by atoms with Gasteiger partial charge in [-0.2, -0.15) is 36.6 Å². The van der Waals surface area contributed by atoms with Gasteiger partial charge in [0.1, 0.15) is 11.6 Å². The van der Waals surface area contributed by atoms with Crippen LogP contribution >= 0.6 is 11.6 Å². The predicted octanol–water partition coefficient (Wildman–Crippen LogP) is 5.34. The third-order valence-electron chi connectivity index (χ3n) is 4.04. The minimum absolute atomic E-state index is 0.0342. The van der Waals surface area contributed by atoms with Crippen LogP contribution in [-0.4, -0.2) is 39.2 Å². The molecular formula is C19H22ClF5N4O3. The monoisotopic (exact) mass is 484 g/mol. The maximum absolute atomic E-state index is 13.0. The second-order valence-electron chi connectivity index (χ2n) is 7.11. The van der Waals surface area contributed by atoms with E-state index in [1.165, 1.54) is 24.7 Å². The molecule has 178 valence electrons. The van der Waals surface area contributed by atoms with Crippen molar-refractivity contribution in [3.63, 3.8) is 0 Å². The average molecular weight is 485 g/mol. The lowest BCUT2D eigenvalue weighted by molar-refractivity contribution is -0.191. The first-order chi connectivity index (χ1) is 14.8. The summed E-state index contributed by atoms with van der Waals surface area (Å²) in [7, 11) is 0. The summed E-state index contributed by atoms with van der Waals surface area (Å²) in [5, 5.41) is 7.24. The van der Waals surface area contributed by atoms with Crippen molar-refractivity contribution in [2.75, 3.05) is 5.32 Å². The molecule has 0 spiro atoms. The second-order valence-corrected chi connectivity index (χ2v) is 7.48. The Morgan fingerprint density at radius 2 is 1.84 bits per heavy atom. The minimum atomic E-state index is -4.41. The zero-order valence-corrected chi connectivity index (χ0v) is 18.4. The number of carbonyl (C=O) groups excluding carboxylic acids is 2. The SMILES string of the molecule is CCc1nn(CC)c(-c2cnc(NC(C)(C)CC(F)(F)F)cc2OC(F)F)c1Cl.O=C=O. The van der Waals surface area contributed by atoms with Gasteiger partial charge in [0.05, 0.1) is 28.4 Å². The molecular weight excluding hydrogens is 463 g/mol. The summed E-state index contributed by atoms with van der Waals surface area (Å²) in [4.78, 5) is 20.3. The number of hydrogen-bond donors (Lipinski definition) is 1. The van der Waals surface area contributed by atoms with Gasteiger partial charge in [-0.25, -0.2) is 4.98 Å². The van der Waals surface area contributed by atoms with E-state index in [0.717, 1.165) is 6.07 Å². The van der Waals surface area contributed by atoms with Crippen molar-refractivity contribution in [1.29, 1.82) is 0 Å². The Morgan fingerprint density at radius 1 is 1.25 bits per heavy atom. The molecule has 0 saturated heterocycles. The van der Waals surface area contributed by atoms with Crippen LogP contribution in [0.1, 0.15) is 39.8 Å². The summed E-state index contributed by atoms with van der Waals surface area (Å²) in [5.41, 5.74) is -0.300. The Kier molecular flexibility index (Phi) is 9.59. The fourth-order valence-electron chi connectivity index (χ4n) is 2.97. The van der Waals surface area contributed by atoms with Gasteiger partial charge in [-0.15, -0.1) is 0 Å². The zero-order chi connectivity index (χ0) is 24.7. The van der Waals surface area contributed by atoms with E-state index in [0.29, 0.717) is 24.4 Å². The van der Waals surface area contributed by atoms with E-state index >= 15 is 0 Å². The molecule has 2 heterocycles. The van der Waals surface area contributed by atoms with Gasteiger partial charge in [-0.3, -0.25) is 4.68 Å². The summed E-state index contributed by atoms with van der Waals surface area (Å²) in [6, 6.07) is 1.13. The maximum atomic E-state index is 13.0. The molecule has 0 amide bonds. The van der Waals surface area contributed by atoms with Gasteiger partial charge in [-0.05, 0) is 27.2 Å². The van der Waals surface area contributed by atoms with Crippen molar-refractivity contribution in [3.8, 4) is 17.0 Å². The molecule has 2 aromatic heterocycles. The molecule has 0 atom stereocenters. The smallest absolute Gasteiger partial charge is 0.391 e. The van der Waals surface area contributed by atoms with E-state index in [-0.39, 0.29) is 28.3 Å². The molecule has 0 radical (unpaired) electrons. The topological polar surface area (TPSA) is 86.1 Å². The van der Waals surface area contributed by atoms with E-state index in [1.54, 1.807) is 0 Å². The number of rotatable bonds is 8. The third-order valence-corrected chi connectivity index (χ3v) is 4.44. The molecule has 2 rings (SSSR count). The van der Waals surface area contributed by atoms with Gasteiger partial charge in [-0.1, -0.05) is 18.5 Å². The molecule has 0 aliphatic rings. The van der Waals surface area contributed by atoms with Crippen molar-refractivity contribution in [2.45, 2.75) is 65.4 Å². The van der Waals surface area contributed by atoms with Crippen molar-refractivity contribution in [3.05, 3.63) is 23.0 Å². The van der Waals surface area contributed by atoms with Crippen molar-refractivity contribution in [2.24, 2.45) is 0 Å². The number of hydrogen-bond acceptors (Lipinski definition) is 6. The first kappa shape index (κ1) is 27.3. The fraction of sp³-hybridized carbons (Fsp3) is 0.526. The fourth-order valence-corrected chi connectivity index (χ4v) is 3.34. The average Bonchev–Trinajstić information content (AvgIpc) is 2.95. The maximum Gasteiger partial charge on any atom is 0.391 e. The summed E-state index contributed by atoms with van der Waals surface area (Å²) in [6.07, 6.45) is -3.53. The number of ether oxygens (including phenoxy) is 1. The Labute approximate surface area is 185 Å². The molecule has 32 heavy (non-hydrogen) atoms. The summed E-state index contributed by atoms with van der Waals surface area (Å²) >= 11 is 6.38. The lowest BCUT2D eigenvalue weighted by Crippen LogP contribution is -2.36. The van der Waals surface area contributed by atoms with Crippen LogP contribution in [-0.2, 0) is 22.6 Å². The first-order valence-corrected chi connectivity index (χ1v) is 9.70. The number of pyridine rings is 1. The van der Waals surface area contributed by atoms with Crippen LogP contribution in [0, 0.1) is 0 Å². The van der Waals surface area contributed by atoms with Crippen LogP contribution in [0.2, 0.25) is 5.02 Å². The van der Waals surface area contributed by atoms with Crippen LogP contribution in [0.3, 0.4) is 0 Å². The number of alkyl halides is 5. The number of nitrogens with one attached hydrogen (secondary N) is 1. The van der Waals surface area contributed by atoms with Crippen molar-refractivity contribution >= 4 is 23.6 Å². The van der Waals surface area contributed by atoms with Crippen LogP contribution in [0.15, 0.2) is 12.3 Å². The molecule has 1 N–H and O–H groups in total. The summed E-state index contributed by atoms with van der Waals surface area (Å²) in [5.74, 6) is -0.299. The lowest BCUT2D eigenvalue weighted by atomic mass is 10.0. The summed E-state index contributed by atoms with van der Waals surface area (Å²) in [6.45, 7) is 3.60. The third kappa shape index (κ3) is 7.76. The quantitative estimate of drug-likeness (QED) is 0.509. The number of halogens is 6. The summed E-state index contributed by atoms with van der Waals surface area (Å²) < 4.78 is 70.4. The highest BCUT2D eigenvalue weighted by molar-refractivity contribution is 6.33. The number of aryl methyl sites for hydroxylation is 2. The van der Waals surface area contributed by atoms with Gasteiger partial charge in [0.25, 0.3) is 0 Å². The van der Waals surface area contributed by atoms with Crippen LogP contribution in [0.5, 0.6) is 5.75 Å². The molecule has 0 bridgehead atoms.